The summed E-state index contributed by atoms with van der Waals surface area (Å²) < 4.78 is 0. The molecule has 1 aromatic carbocycles. The van der Waals surface area contributed by atoms with Gasteiger partial charge in [-0.05, 0) is 85.9 Å². The van der Waals surface area contributed by atoms with Crippen LogP contribution < -0.4 is 5.73 Å². The quantitative estimate of drug-likeness (QED) is 0.829. The SMILES string of the molecule is Cc1ccc(CC2(CN)CCC(C(C)(C)C)CC2)cc1C. The van der Waals surface area contributed by atoms with Gasteiger partial charge in [-0.2, -0.15) is 0 Å². The summed E-state index contributed by atoms with van der Waals surface area (Å²) in [5.74, 6) is 0.858. The molecule has 1 nitrogen and oxygen atoms in total. The van der Waals surface area contributed by atoms with Crippen molar-refractivity contribution < 1.29 is 0 Å². The summed E-state index contributed by atoms with van der Waals surface area (Å²) in [7, 11) is 0. The lowest BCUT2D eigenvalue weighted by Gasteiger charge is -2.44. The lowest BCUT2D eigenvalue weighted by molar-refractivity contribution is 0.0926. The normalized spacial score (nSPS) is 26.9. The number of aryl methyl sites for hydroxylation is 2. The smallest absolute Gasteiger partial charge is 0.00173 e. The van der Waals surface area contributed by atoms with Gasteiger partial charge in [0, 0.05) is 0 Å². The van der Waals surface area contributed by atoms with Crippen molar-refractivity contribution in [3.63, 3.8) is 0 Å². The molecule has 0 bridgehead atoms. The minimum atomic E-state index is 0.337. The standard InChI is InChI=1S/C20H33N/c1-15-6-7-17(12-16(15)2)13-20(14-21)10-8-18(9-11-20)19(3,4)5/h6-7,12,18H,8-11,13-14,21H2,1-5H3. The molecule has 1 aliphatic rings. The van der Waals surface area contributed by atoms with Crippen LogP contribution >= 0.6 is 0 Å². The second kappa shape index (κ2) is 6.12. The molecule has 1 fully saturated rings. The summed E-state index contributed by atoms with van der Waals surface area (Å²) >= 11 is 0. The van der Waals surface area contributed by atoms with E-state index in [4.69, 9.17) is 5.73 Å². The van der Waals surface area contributed by atoms with Crippen molar-refractivity contribution in [3.8, 4) is 0 Å². The number of rotatable bonds is 3. The van der Waals surface area contributed by atoms with Crippen molar-refractivity contribution >= 4 is 0 Å². The highest BCUT2D eigenvalue weighted by atomic mass is 14.6. The van der Waals surface area contributed by atoms with Crippen LogP contribution in [0.5, 0.6) is 0 Å². The highest BCUT2D eigenvalue weighted by Gasteiger charge is 2.37. The van der Waals surface area contributed by atoms with Gasteiger partial charge in [-0.25, -0.2) is 0 Å². The van der Waals surface area contributed by atoms with E-state index < -0.39 is 0 Å². The summed E-state index contributed by atoms with van der Waals surface area (Å²) in [6, 6.07) is 6.92. The van der Waals surface area contributed by atoms with Crippen LogP contribution in [0.4, 0.5) is 0 Å². The maximum atomic E-state index is 6.21. The molecular formula is C20H33N. The predicted molar refractivity (Wildman–Crippen MR) is 92.5 cm³/mol. The van der Waals surface area contributed by atoms with E-state index in [2.05, 4.69) is 52.8 Å². The average molecular weight is 287 g/mol. The summed E-state index contributed by atoms with van der Waals surface area (Å²) in [6.07, 6.45) is 6.41. The molecule has 0 aromatic heterocycles. The molecule has 1 aliphatic carbocycles. The molecule has 0 atom stereocenters. The van der Waals surface area contributed by atoms with Gasteiger partial charge in [0.1, 0.15) is 0 Å². The minimum absolute atomic E-state index is 0.337. The first kappa shape index (κ1) is 16.5. The number of hydrogen-bond donors (Lipinski definition) is 1. The lowest BCUT2D eigenvalue weighted by atomic mass is 9.62. The molecule has 0 radical (unpaired) electrons. The summed E-state index contributed by atoms with van der Waals surface area (Å²) in [4.78, 5) is 0. The summed E-state index contributed by atoms with van der Waals surface area (Å²) in [5.41, 5.74) is 11.3. The van der Waals surface area contributed by atoms with Gasteiger partial charge in [0.2, 0.25) is 0 Å². The Balaban J connectivity index is 2.08. The zero-order valence-corrected chi connectivity index (χ0v) is 14.6. The molecule has 2 N–H and O–H groups in total. The summed E-state index contributed by atoms with van der Waals surface area (Å²) in [5, 5.41) is 0. The van der Waals surface area contributed by atoms with E-state index in [1.807, 2.05) is 0 Å². The first-order valence-corrected chi connectivity index (χ1v) is 8.52. The Hall–Kier alpha value is -0.820. The lowest BCUT2D eigenvalue weighted by Crippen LogP contribution is -2.39. The molecule has 21 heavy (non-hydrogen) atoms. The molecule has 0 heterocycles. The molecule has 1 aromatic rings. The van der Waals surface area contributed by atoms with Crippen LogP contribution in [-0.2, 0) is 6.42 Å². The van der Waals surface area contributed by atoms with E-state index in [0.717, 1.165) is 18.9 Å². The van der Waals surface area contributed by atoms with Gasteiger partial charge in [-0.15, -0.1) is 0 Å². The molecule has 0 unspecified atom stereocenters. The first-order valence-electron chi connectivity index (χ1n) is 8.52. The van der Waals surface area contributed by atoms with Crippen molar-refractivity contribution in [3.05, 3.63) is 34.9 Å². The van der Waals surface area contributed by atoms with Gasteiger partial charge >= 0.3 is 0 Å². The predicted octanol–water partition coefficient (Wildman–Crippen LogP) is 5.03. The second-order valence-corrected chi connectivity index (χ2v) is 8.44. The van der Waals surface area contributed by atoms with Gasteiger partial charge in [0.15, 0.2) is 0 Å². The second-order valence-electron chi connectivity index (χ2n) is 8.44. The Morgan fingerprint density at radius 3 is 2.19 bits per heavy atom. The van der Waals surface area contributed by atoms with Gasteiger partial charge in [-0.1, -0.05) is 39.0 Å². The fraction of sp³-hybridized carbons (Fsp3) is 0.700. The van der Waals surface area contributed by atoms with Crippen LogP contribution in [0.15, 0.2) is 18.2 Å². The molecule has 0 saturated heterocycles. The Kier molecular flexibility index (Phi) is 4.82. The van der Waals surface area contributed by atoms with Crippen LogP contribution in [0.25, 0.3) is 0 Å². The van der Waals surface area contributed by atoms with E-state index in [1.165, 1.54) is 42.4 Å². The van der Waals surface area contributed by atoms with E-state index >= 15 is 0 Å². The molecule has 0 amide bonds. The number of hydrogen-bond acceptors (Lipinski definition) is 1. The third kappa shape index (κ3) is 3.88. The highest BCUT2D eigenvalue weighted by molar-refractivity contribution is 5.30. The first-order chi connectivity index (χ1) is 9.76. The molecule has 0 spiro atoms. The number of benzene rings is 1. The van der Waals surface area contributed by atoms with E-state index in [1.54, 1.807) is 0 Å². The maximum absolute atomic E-state index is 6.21. The number of nitrogens with two attached hydrogens (primary N) is 1. The monoisotopic (exact) mass is 287 g/mol. The zero-order valence-electron chi connectivity index (χ0n) is 14.6. The minimum Gasteiger partial charge on any atom is -0.330 e. The van der Waals surface area contributed by atoms with Crippen molar-refractivity contribution in [1.29, 1.82) is 0 Å². The third-order valence-electron chi connectivity index (χ3n) is 5.85. The molecule has 118 valence electrons. The van der Waals surface area contributed by atoms with Crippen LogP contribution in [0, 0.1) is 30.6 Å². The van der Waals surface area contributed by atoms with Crippen LogP contribution in [0.1, 0.15) is 63.1 Å². The van der Waals surface area contributed by atoms with Crippen LogP contribution in [-0.4, -0.2) is 6.54 Å². The Bertz CT molecular complexity index is 473. The van der Waals surface area contributed by atoms with Gasteiger partial charge in [-0.3, -0.25) is 0 Å². The third-order valence-corrected chi connectivity index (χ3v) is 5.85. The van der Waals surface area contributed by atoms with E-state index in [-0.39, 0.29) is 0 Å². The van der Waals surface area contributed by atoms with Crippen molar-refractivity contribution in [2.75, 3.05) is 6.54 Å². The largest absolute Gasteiger partial charge is 0.330 e. The topological polar surface area (TPSA) is 26.0 Å². The van der Waals surface area contributed by atoms with Crippen molar-refractivity contribution in [2.24, 2.45) is 22.5 Å². The van der Waals surface area contributed by atoms with Gasteiger partial charge in [0.25, 0.3) is 0 Å². The van der Waals surface area contributed by atoms with Crippen molar-refractivity contribution in [2.45, 2.75) is 66.7 Å². The van der Waals surface area contributed by atoms with Gasteiger partial charge in [0.05, 0.1) is 0 Å². The molecule has 1 saturated carbocycles. The van der Waals surface area contributed by atoms with Crippen LogP contribution in [0.2, 0.25) is 0 Å². The van der Waals surface area contributed by atoms with Crippen LogP contribution in [0.3, 0.4) is 0 Å². The molecule has 2 rings (SSSR count). The van der Waals surface area contributed by atoms with Gasteiger partial charge < -0.3 is 5.73 Å². The molecule has 0 aliphatic heterocycles. The Morgan fingerprint density at radius 1 is 1.10 bits per heavy atom. The average Bonchev–Trinajstić information content (AvgIpc) is 2.42. The Morgan fingerprint density at radius 2 is 1.71 bits per heavy atom. The van der Waals surface area contributed by atoms with Crippen molar-refractivity contribution in [1.82, 2.24) is 0 Å². The fourth-order valence-electron chi connectivity index (χ4n) is 3.90. The molecular weight excluding hydrogens is 254 g/mol. The molecule has 1 heteroatoms. The van der Waals surface area contributed by atoms with E-state index in [0.29, 0.717) is 10.8 Å². The zero-order chi connectivity index (χ0) is 15.7. The maximum Gasteiger partial charge on any atom is -0.00173 e. The summed E-state index contributed by atoms with van der Waals surface area (Å²) in [6.45, 7) is 12.4. The fourth-order valence-corrected chi connectivity index (χ4v) is 3.90. The Labute approximate surface area is 131 Å². The highest BCUT2D eigenvalue weighted by Crippen LogP contribution is 2.46. The van der Waals surface area contributed by atoms with E-state index in [9.17, 15) is 0 Å².